The van der Waals surface area contributed by atoms with Gasteiger partial charge in [-0.2, -0.15) is 0 Å². The van der Waals surface area contributed by atoms with Gasteiger partial charge in [0.05, 0.1) is 12.3 Å². The average molecular weight is 400 g/mol. The Labute approximate surface area is 163 Å². The standard InChI is InChI=1S/C18H33N3O5Si/c1-9-10-13(2)18(11-14(19-25-5)12-26-27(6,7)8)15(22)20(3)17(24)21(4)16(18)23/h13H,9-12H2,1-8H3/b19-14-. The summed E-state index contributed by atoms with van der Waals surface area (Å²) in [6.45, 7) is 10.2. The summed E-state index contributed by atoms with van der Waals surface area (Å²) in [6.07, 6.45) is 1.54. The van der Waals surface area contributed by atoms with Crippen LogP contribution in [0.25, 0.3) is 0 Å². The molecule has 1 aliphatic heterocycles. The van der Waals surface area contributed by atoms with Crippen molar-refractivity contribution in [1.29, 1.82) is 0 Å². The minimum absolute atomic E-state index is 0.0616. The van der Waals surface area contributed by atoms with Crippen LogP contribution in [0.1, 0.15) is 33.1 Å². The molecular weight excluding hydrogens is 366 g/mol. The molecule has 1 heterocycles. The molecule has 0 aromatic carbocycles. The highest BCUT2D eigenvalue weighted by atomic mass is 28.4. The summed E-state index contributed by atoms with van der Waals surface area (Å²) in [7, 11) is 2.40. The van der Waals surface area contributed by atoms with Crippen LogP contribution in [0, 0.1) is 11.3 Å². The van der Waals surface area contributed by atoms with Crippen molar-refractivity contribution in [1.82, 2.24) is 9.80 Å². The Kier molecular flexibility index (Phi) is 7.73. The number of barbiturate groups is 1. The lowest BCUT2D eigenvalue weighted by molar-refractivity contribution is -0.160. The highest BCUT2D eigenvalue weighted by molar-refractivity contribution is 6.69. The zero-order valence-corrected chi connectivity index (χ0v) is 18.8. The van der Waals surface area contributed by atoms with E-state index in [-0.39, 0.29) is 18.9 Å². The molecule has 0 aromatic heterocycles. The van der Waals surface area contributed by atoms with Gasteiger partial charge in [-0.25, -0.2) is 4.79 Å². The Hall–Kier alpha value is -1.74. The van der Waals surface area contributed by atoms with E-state index in [4.69, 9.17) is 9.26 Å². The van der Waals surface area contributed by atoms with E-state index in [0.29, 0.717) is 12.1 Å². The van der Waals surface area contributed by atoms with Crippen molar-refractivity contribution in [2.45, 2.75) is 52.8 Å². The maximum Gasteiger partial charge on any atom is 0.332 e. The molecule has 8 nitrogen and oxygen atoms in total. The average Bonchev–Trinajstić information content (AvgIpc) is 2.59. The van der Waals surface area contributed by atoms with Crippen molar-refractivity contribution in [2.75, 3.05) is 27.8 Å². The first kappa shape index (κ1) is 23.3. The second kappa shape index (κ2) is 8.96. The van der Waals surface area contributed by atoms with Crippen molar-refractivity contribution >= 4 is 31.9 Å². The van der Waals surface area contributed by atoms with Crippen LogP contribution in [0.15, 0.2) is 5.16 Å². The van der Waals surface area contributed by atoms with Crippen LogP contribution in [0.4, 0.5) is 4.79 Å². The lowest BCUT2D eigenvalue weighted by Crippen LogP contribution is -2.65. The second-order valence-electron chi connectivity index (χ2n) is 8.09. The van der Waals surface area contributed by atoms with Gasteiger partial charge in [0.2, 0.25) is 11.8 Å². The molecule has 154 valence electrons. The fourth-order valence-corrected chi connectivity index (χ4v) is 3.98. The summed E-state index contributed by atoms with van der Waals surface area (Å²) in [5.74, 6) is -1.25. The lowest BCUT2D eigenvalue weighted by Gasteiger charge is -2.45. The van der Waals surface area contributed by atoms with E-state index in [9.17, 15) is 14.4 Å². The first-order valence-electron chi connectivity index (χ1n) is 9.25. The summed E-state index contributed by atoms with van der Waals surface area (Å²) < 4.78 is 5.93. The number of nitrogens with zero attached hydrogens (tertiary/aromatic N) is 3. The van der Waals surface area contributed by atoms with E-state index < -0.39 is 31.6 Å². The molecule has 0 saturated carbocycles. The van der Waals surface area contributed by atoms with E-state index in [1.54, 1.807) is 0 Å². The number of oxime groups is 1. The van der Waals surface area contributed by atoms with E-state index in [1.165, 1.54) is 21.2 Å². The number of rotatable bonds is 9. The Morgan fingerprint density at radius 3 is 2.07 bits per heavy atom. The van der Waals surface area contributed by atoms with Gasteiger partial charge < -0.3 is 9.26 Å². The number of urea groups is 1. The zero-order chi connectivity index (χ0) is 21.0. The predicted molar refractivity (Wildman–Crippen MR) is 106 cm³/mol. The van der Waals surface area contributed by atoms with Crippen molar-refractivity contribution in [3.05, 3.63) is 0 Å². The molecule has 4 amide bonds. The topological polar surface area (TPSA) is 88.5 Å². The number of imide groups is 2. The van der Waals surface area contributed by atoms with E-state index in [0.717, 1.165) is 16.2 Å². The van der Waals surface area contributed by atoms with E-state index in [2.05, 4.69) is 5.16 Å². The van der Waals surface area contributed by atoms with Gasteiger partial charge in [-0.3, -0.25) is 19.4 Å². The molecule has 9 heteroatoms. The Bertz CT molecular complexity index is 591. The molecule has 1 atom stereocenters. The largest absolute Gasteiger partial charge is 0.412 e. The third kappa shape index (κ3) is 4.95. The maximum absolute atomic E-state index is 13.2. The fraction of sp³-hybridized carbons (Fsp3) is 0.778. The smallest absolute Gasteiger partial charge is 0.332 e. The van der Waals surface area contributed by atoms with Gasteiger partial charge in [0, 0.05) is 20.5 Å². The van der Waals surface area contributed by atoms with Crippen LogP contribution in [-0.4, -0.2) is 69.5 Å². The van der Waals surface area contributed by atoms with Crippen molar-refractivity contribution in [3.63, 3.8) is 0 Å². The predicted octanol–water partition coefficient (Wildman–Crippen LogP) is 2.70. The van der Waals surface area contributed by atoms with Gasteiger partial charge in [-0.15, -0.1) is 0 Å². The molecule has 0 aliphatic carbocycles. The minimum atomic E-state index is -1.83. The maximum atomic E-state index is 13.2. The molecule has 1 rings (SSSR count). The number of carbonyl (C=O) groups excluding carboxylic acids is 3. The normalized spacial score (nSPS) is 19.6. The molecule has 0 radical (unpaired) electrons. The summed E-state index contributed by atoms with van der Waals surface area (Å²) in [5.41, 5.74) is -0.908. The molecule has 1 unspecified atom stereocenters. The summed E-state index contributed by atoms with van der Waals surface area (Å²) >= 11 is 0. The number of hydrogen-bond acceptors (Lipinski definition) is 6. The third-order valence-electron chi connectivity index (χ3n) is 4.88. The highest BCUT2D eigenvalue weighted by Gasteiger charge is 2.58. The summed E-state index contributed by atoms with van der Waals surface area (Å²) in [5, 5.41) is 4.03. The highest BCUT2D eigenvalue weighted by Crippen LogP contribution is 2.41. The summed E-state index contributed by atoms with van der Waals surface area (Å²) in [6, 6.07) is -0.618. The minimum Gasteiger partial charge on any atom is -0.412 e. The Morgan fingerprint density at radius 2 is 1.67 bits per heavy atom. The molecule has 0 bridgehead atoms. The number of hydrogen-bond donors (Lipinski definition) is 0. The fourth-order valence-electron chi connectivity index (χ4n) is 3.38. The molecule has 0 aromatic rings. The van der Waals surface area contributed by atoms with Gasteiger partial charge in [-0.1, -0.05) is 25.4 Å². The lowest BCUT2D eigenvalue weighted by atomic mass is 9.67. The molecule has 1 saturated heterocycles. The SMILES string of the molecule is CCCC(C)C1(C/C(CO[Si](C)(C)C)=N/OC)C(=O)N(C)C(=O)N(C)C1=O. The van der Waals surface area contributed by atoms with E-state index >= 15 is 0 Å². The van der Waals surface area contributed by atoms with Gasteiger partial charge in [0.15, 0.2) is 8.32 Å². The zero-order valence-electron chi connectivity index (χ0n) is 17.8. The summed E-state index contributed by atoms with van der Waals surface area (Å²) in [4.78, 5) is 45.6. The van der Waals surface area contributed by atoms with Crippen LogP contribution in [-0.2, 0) is 18.9 Å². The third-order valence-corrected chi connectivity index (χ3v) is 5.89. The van der Waals surface area contributed by atoms with Crippen molar-refractivity contribution < 1.29 is 23.6 Å². The number of amides is 4. The monoisotopic (exact) mass is 399 g/mol. The molecule has 1 aliphatic rings. The van der Waals surface area contributed by atoms with Crippen LogP contribution < -0.4 is 0 Å². The van der Waals surface area contributed by atoms with Crippen LogP contribution in [0.3, 0.4) is 0 Å². The second-order valence-corrected chi connectivity index (χ2v) is 12.6. The first-order valence-corrected chi connectivity index (χ1v) is 12.7. The van der Waals surface area contributed by atoms with Crippen LogP contribution in [0.2, 0.25) is 19.6 Å². The van der Waals surface area contributed by atoms with Gasteiger partial charge in [-0.05, 0) is 32.0 Å². The molecule has 0 N–H and O–H groups in total. The number of carbonyl (C=O) groups is 3. The van der Waals surface area contributed by atoms with Crippen LogP contribution >= 0.6 is 0 Å². The van der Waals surface area contributed by atoms with E-state index in [1.807, 2.05) is 33.5 Å². The first-order chi connectivity index (χ1) is 12.4. The molecule has 27 heavy (non-hydrogen) atoms. The van der Waals surface area contributed by atoms with Gasteiger partial charge in [0.25, 0.3) is 0 Å². The molecular formula is C18H33N3O5Si. The Morgan fingerprint density at radius 1 is 1.15 bits per heavy atom. The van der Waals surface area contributed by atoms with Crippen molar-refractivity contribution in [2.24, 2.45) is 16.5 Å². The molecule has 0 spiro atoms. The van der Waals surface area contributed by atoms with Crippen molar-refractivity contribution in [3.8, 4) is 0 Å². The van der Waals surface area contributed by atoms with Crippen LogP contribution in [0.5, 0.6) is 0 Å². The van der Waals surface area contributed by atoms with Gasteiger partial charge in [0.1, 0.15) is 12.5 Å². The quantitative estimate of drug-likeness (QED) is 0.257. The Balaban J connectivity index is 3.38. The van der Waals surface area contributed by atoms with Gasteiger partial charge >= 0.3 is 6.03 Å². The molecule has 1 fully saturated rings.